The molecule has 1 amide bonds. The van der Waals surface area contributed by atoms with E-state index in [0.29, 0.717) is 17.1 Å². The topological polar surface area (TPSA) is 45.6 Å². The normalized spacial score (nSPS) is 36.6. The molecular weight excluding hydrogens is 362 g/mol. The maximum atomic E-state index is 13.3. The number of amides is 1. The lowest BCUT2D eigenvalue weighted by Gasteiger charge is -2.61. The summed E-state index contributed by atoms with van der Waals surface area (Å²) in [6.07, 6.45) is 12.6. The van der Waals surface area contributed by atoms with E-state index in [4.69, 9.17) is 0 Å². The van der Waals surface area contributed by atoms with E-state index in [1.807, 2.05) is 24.1 Å². The summed E-state index contributed by atoms with van der Waals surface area (Å²) in [5.41, 5.74) is 1.56. The van der Waals surface area contributed by atoms with Gasteiger partial charge in [0.2, 0.25) is 0 Å². The van der Waals surface area contributed by atoms with E-state index >= 15 is 0 Å². The molecule has 1 aromatic heterocycles. The quantitative estimate of drug-likeness (QED) is 0.789. The highest BCUT2D eigenvalue weighted by Crippen LogP contribution is 2.57. The van der Waals surface area contributed by atoms with Gasteiger partial charge in [-0.25, -0.2) is 0 Å². The maximum absolute atomic E-state index is 13.3. The van der Waals surface area contributed by atoms with E-state index in [2.05, 4.69) is 4.90 Å². The summed E-state index contributed by atoms with van der Waals surface area (Å²) in [5, 5.41) is 0. The molecule has 5 nitrogen and oxygen atoms in total. The minimum absolute atomic E-state index is 0.0485. The van der Waals surface area contributed by atoms with Gasteiger partial charge >= 0.3 is 0 Å². The molecule has 6 aliphatic rings. The molecule has 0 aromatic carbocycles. The highest BCUT2D eigenvalue weighted by Gasteiger charge is 2.53. The largest absolute Gasteiger partial charge is 0.336 e. The minimum Gasteiger partial charge on any atom is -0.336 e. The highest BCUT2D eigenvalue weighted by atomic mass is 16.2. The van der Waals surface area contributed by atoms with Crippen molar-refractivity contribution in [1.29, 1.82) is 0 Å². The van der Waals surface area contributed by atoms with E-state index in [1.165, 1.54) is 38.5 Å². The molecule has 0 radical (unpaired) electrons. The molecule has 1 aromatic rings. The van der Waals surface area contributed by atoms with Crippen LogP contribution < -0.4 is 5.56 Å². The summed E-state index contributed by atoms with van der Waals surface area (Å²) in [6, 6.07) is 2.25. The van der Waals surface area contributed by atoms with Gasteiger partial charge in [0, 0.05) is 44.0 Å². The Morgan fingerprint density at radius 1 is 0.966 bits per heavy atom. The number of rotatable bonds is 3. The lowest BCUT2D eigenvalue weighted by molar-refractivity contribution is -0.0987. The molecule has 5 saturated carbocycles. The Balaban J connectivity index is 1.18. The second-order valence-corrected chi connectivity index (χ2v) is 10.7. The Morgan fingerprint density at radius 2 is 1.55 bits per heavy atom. The summed E-state index contributed by atoms with van der Waals surface area (Å²) in [7, 11) is 0. The van der Waals surface area contributed by atoms with Gasteiger partial charge in [-0.1, -0.05) is 0 Å². The van der Waals surface area contributed by atoms with Crippen molar-refractivity contribution in [1.82, 2.24) is 14.4 Å². The lowest BCUT2D eigenvalue weighted by Crippen LogP contribution is -2.64. The average Bonchev–Trinajstić information content (AvgIpc) is 3.52. The van der Waals surface area contributed by atoms with Gasteiger partial charge in [0.15, 0.2) is 0 Å². The molecule has 0 atom stereocenters. The van der Waals surface area contributed by atoms with Gasteiger partial charge in [-0.2, -0.15) is 0 Å². The Kier molecular flexibility index (Phi) is 4.03. The summed E-state index contributed by atoms with van der Waals surface area (Å²) in [5.74, 6) is 2.81. The molecule has 5 aliphatic carbocycles. The number of nitrogens with zero attached hydrogens (tertiary/aromatic N) is 3. The van der Waals surface area contributed by atoms with Crippen molar-refractivity contribution in [2.24, 2.45) is 17.8 Å². The first-order valence-corrected chi connectivity index (χ1v) is 11.8. The van der Waals surface area contributed by atoms with E-state index in [9.17, 15) is 9.59 Å². The van der Waals surface area contributed by atoms with Crippen LogP contribution in [0.2, 0.25) is 0 Å². The zero-order chi connectivity index (χ0) is 19.8. The Morgan fingerprint density at radius 3 is 2.10 bits per heavy atom. The number of aryl methyl sites for hydroxylation is 1. The van der Waals surface area contributed by atoms with Crippen LogP contribution in [0.1, 0.15) is 73.3 Å². The van der Waals surface area contributed by atoms with E-state index in [0.717, 1.165) is 62.3 Å². The summed E-state index contributed by atoms with van der Waals surface area (Å²) >= 11 is 0. The van der Waals surface area contributed by atoms with Crippen LogP contribution in [0.25, 0.3) is 0 Å². The number of carbonyl (C=O) groups is 1. The third-order valence-corrected chi connectivity index (χ3v) is 8.73. The van der Waals surface area contributed by atoms with Crippen molar-refractivity contribution in [3.05, 3.63) is 33.7 Å². The molecule has 5 heteroatoms. The molecule has 0 unspecified atom stereocenters. The third kappa shape index (κ3) is 2.91. The minimum atomic E-state index is -0.0824. The van der Waals surface area contributed by atoms with Crippen LogP contribution >= 0.6 is 0 Å². The van der Waals surface area contributed by atoms with Crippen LogP contribution in [-0.2, 0) is 0 Å². The standard InChI is InChI=1S/C24H33N3O2/c1-16-4-5-27(20-2-3-20)23(29)21(16)22(28)25-6-8-26(9-7-25)24-13-17-10-18(14-24)12-19(11-17)15-24/h4-5,17-20H,2-3,6-15H2,1H3. The van der Waals surface area contributed by atoms with Gasteiger partial charge in [0.05, 0.1) is 0 Å². The van der Waals surface area contributed by atoms with Crippen molar-refractivity contribution in [2.75, 3.05) is 26.2 Å². The number of carbonyl (C=O) groups excluding carboxylic acids is 1. The van der Waals surface area contributed by atoms with Crippen LogP contribution in [-0.4, -0.2) is 52.0 Å². The van der Waals surface area contributed by atoms with Gasteiger partial charge in [-0.3, -0.25) is 14.5 Å². The molecule has 6 fully saturated rings. The number of piperazine rings is 1. The fraction of sp³-hybridized carbons (Fsp3) is 0.750. The van der Waals surface area contributed by atoms with Gasteiger partial charge in [0.1, 0.15) is 5.56 Å². The maximum Gasteiger partial charge on any atom is 0.263 e. The highest BCUT2D eigenvalue weighted by molar-refractivity contribution is 5.95. The van der Waals surface area contributed by atoms with Gasteiger partial charge in [-0.15, -0.1) is 0 Å². The van der Waals surface area contributed by atoms with Crippen molar-refractivity contribution in [3.63, 3.8) is 0 Å². The predicted octanol–water partition coefficient (Wildman–Crippen LogP) is 3.22. The number of aromatic nitrogens is 1. The molecule has 0 spiro atoms. The monoisotopic (exact) mass is 395 g/mol. The smallest absolute Gasteiger partial charge is 0.263 e. The molecular formula is C24H33N3O2. The first kappa shape index (κ1) is 18.2. The number of hydrogen-bond acceptors (Lipinski definition) is 3. The molecule has 0 N–H and O–H groups in total. The van der Waals surface area contributed by atoms with Crippen LogP contribution in [0, 0.1) is 24.7 Å². The van der Waals surface area contributed by atoms with E-state index in [-0.39, 0.29) is 11.5 Å². The van der Waals surface area contributed by atoms with Crippen LogP contribution in [0.15, 0.2) is 17.1 Å². The molecule has 2 heterocycles. The van der Waals surface area contributed by atoms with Gasteiger partial charge in [-0.05, 0) is 87.7 Å². The fourth-order valence-corrected chi connectivity index (χ4v) is 7.54. The van der Waals surface area contributed by atoms with E-state index < -0.39 is 0 Å². The zero-order valence-corrected chi connectivity index (χ0v) is 17.6. The molecule has 4 bridgehead atoms. The van der Waals surface area contributed by atoms with Crippen molar-refractivity contribution < 1.29 is 4.79 Å². The Hall–Kier alpha value is -1.62. The number of pyridine rings is 1. The second-order valence-electron chi connectivity index (χ2n) is 10.7. The van der Waals surface area contributed by atoms with Crippen molar-refractivity contribution in [3.8, 4) is 0 Å². The summed E-state index contributed by atoms with van der Waals surface area (Å²) in [6.45, 7) is 5.37. The van der Waals surface area contributed by atoms with Crippen molar-refractivity contribution in [2.45, 2.75) is 69.9 Å². The van der Waals surface area contributed by atoms with Gasteiger partial charge in [0.25, 0.3) is 11.5 Å². The van der Waals surface area contributed by atoms with Crippen molar-refractivity contribution >= 4 is 5.91 Å². The second kappa shape index (κ2) is 6.44. The summed E-state index contributed by atoms with van der Waals surface area (Å²) in [4.78, 5) is 30.9. The zero-order valence-electron chi connectivity index (χ0n) is 17.6. The van der Waals surface area contributed by atoms with Crippen LogP contribution in [0.3, 0.4) is 0 Å². The van der Waals surface area contributed by atoms with Gasteiger partial charge < -0.3 is 9.47 Å². The third-order valence-electron chi connectivity index (χ3n) is 8.73. The fourth-order valence-electron chi connectivity index (χ4n) is 7.54. The molecule has 7 rings (SSSR count). The average molecular weight is 396 g/mol. The molecule has 1 saturated heterocycles. The first-order chi connectivity index (χ1) is 14.0. The molecule has 1 aliphatic heterocycles. The van der Waals surface area contributed by atoms with Crippen LogP contribution in [0.4, 0.5) is 0 Å². The number of hydrogen-bond donors (Lipinski definition) is 0. The lowest BCUT2D eigenvalue weighted by atomic mass is 9.52. The SMILES string of the molecule is Cc1ccn(C2CC2)c(=O)c1C(=O)N1CCN(C23CC4CC(CC(C4)C2)C3)CC1. The van der Waals surface area contributed by atoms with Crippen LogP contribution in [0.5, 0.6) is 0 Å². The summed E-state index contributed by atoms with van der Waals surface area (Å²) < 4.78 is 1.78. The van der Waals surface area contributed by atoms with E-state index in [1.54, 1.807) is 4.57 Å². The Labute approximate surface area is 173 Å². The first-order valence-electron chi connectivity index (χ1n) is 11.8. The Bertz CT molecular complexity index is 857. The molecule has 156 valence electrons. The molecule has 29 heavy (non-hydrogen) atoms. The predicted molar refractivity (Wildman–Crippen MR) is 112 cm³/mol.